The number of rotatable bonds is 8. The summed E-state index contributed by atoms with van der Waals surface area (Å²) in [6.07, 6.45) is -0.933. The quantitative estimate of drug-likeness (QED) is 0.405. The van der Waals surface area contributed by atoms with Crippen LogP contribution in [0.25, 0.3) is 0 Å². The zero-order valence-corrected chi connectivity index (χ0v) is 17.3. The van der Waals surface area contributed by atoms with Crippen molar-refractivity contribution in [3.63, 3.8) is 0 Å². The van der Waals surface area contributed by atoms with Crippen LogP contribution in [-0.4, -0.2) is 30.1 Å². The van der Waals surface area contributed by atoms with Gasteiger partial charge in [-0.1, -0.05) is 11.2 Å². The molecule has 0 spiro atoms. The number of ether oxygens (including phenoxy) is 3. The second-order valence-electron chi connectivity index (χ2n) is 6.76. The van der Waals surface area contributed by atoms with Gasteiger partial charge >= 0.3 is 5.97 Å². The second kappa shape index (κ2) is 9.26. The predicted octanol–water partition coefficient (Wildman–Crippen LogP) is 4.31. The van der Waals surface area contributed by atoms with Crippen molar-refractivity contribution < 1.29 is 28.3 Å². The topological polar surface area (TPSA) is 87.9 Å². The van der Waals surface area contributed by atoms with E-state index in [-0.39, 0.29) is 12.4 Å². The van der Waals surface area contributed by atoms with Crippen LogP contribution >= 0.6 is 0 Å². The summed E-state index contributed by atoms with van der Waals surface area (Å²) in [6.45, 7) is 5.46. The maximum atomic E-state index is 12.5. The van der Waals surface area contributed by atoms with E-state index in [1.807, 2.05) is 13.8 Å². The Labute approximate surface area is 174 Å². The third-order valence-corrected chi connectivity index (χ3v) is 4.66. The molecular weight excluding hydrogens is 386 g/mol. The third-order valence-electron chi connectivity index (χ3n) is 4.66. The summed E-state index contributed by atoms with van der Waals surface area (Å²) in [5, 5.41) is 3.89. The van der Waals surface area contributed by atoms with E-state index in [0.717, 1.165) is 11.3 Å². The van der Waals surface area contributed by atoms with Crippen LogP contribution in [0.5, 0.6) is 11.5 Å². The molecule has 0 aliphatic carbocycles. The van der Waals surface area contributed by atoms with Gasteiger partial charge in [0, 0.05) is 5.56 Å². The Morgan fingerprint density at radius 3 is 2.40 bits per heavy atom. The van der Waals surface area contributed by atoms with Crippen LogP contribution in [0.15, 0.2) is 53.1 Å². The molecule has 0 aliphatic rings. The standard InChI is InChI=1S/C23H23NO6/c1-14-21(15(2)30-24-14)13-28-20-7-5-6-18(12-20)23(26)29-16(3)22(25)17-8-10-19(27-4)11-9-17/h5-12,16H,13H2,1-4H3/t16-/m0/s1. The van der Waals surface area contributed by atoms with E-state index in [1.165, 1.54) is 0 Å². The third kappa shape index (κ3) is 4.86. The van der Waals surface area contributed by atoms with Gasteiger partial charge in [0.1, 0.15) is 23.9 Å². The van der Waals surface area contributed by atoms with Gasteiger partial charge < -0.3 is 18.7 Å². The molecule has 0 fully saturated rings. The lowest BCUT2D eigenvalue weighted by atomic mass is 10.1. The number of nitrogens with zero attached hydrogens (tertiary/aromatic N) is 1. The van der Waals surface area contributed by atoms with Crippen LogP contribution in [0.3, 0.4) is 0 Å². The van der Waals surface area contributed by atoms with E-state index < -0.39 is 12.1 Å². The van der Waals surface area contributed by atoms with Gasteiger partial charge in [-0.15, -0.1) is 0 Å². The summed E-state index contributed by atoms with van der Waals surface area (Å²) >= 11 is 0. The number of hydrogen-bond acceptors (Lipinski definition) is 7. The van der Waals surface area contributed by atoms with E-state index in [9.17, 15) is 9.59 Å². The molecule has 2 aromatic carbocycles. The van der Waals surface area contributed by atoms with Gasteiger partial charge in [0.05, 0.1) is 23.9 Å². The number of methoxy groups -OCH3 is 1. The van der Waals surface area contributed by atoms with Crippen molar-refractivity contribution in [1.82, 2.24) is 5.16 Å². The lowest BCUT2D eigenvalue weighted by Crippen LogP contribution is -2.24. The van der Waals surface area contributed by atoms with Gasteiger partial charge in [-0.3, -0.25) is 4.79 Å². The average molecular weight is 409 g/mol. The Morgan fingerprint density at radius 1 is 1.03 bits per heavy atom. The lowest BCUT2D eigenvalue weighted by Gasteiger charge is -2.13. The number of aryl methyl sites for hydroxylation is 2. The summed E-state index contributed by atoms with van der Waals surface area (Å²) in [4.78, 5) is 25.0. The van der Waals surface area contributed by atoms with Gasteiger partial charge in [0.25, 0.3) is 0 Å². The normalized spacial score (nSPS) is 11.6. The van der Waals surface area contributed by atoms with E-state index >= 15 is 0 Å². The number of hydrogen-bond donors (Lipinski definition) is 0. The molecule has 1 aromatic heterocycles. The zero-order valence-electron chi connectivity index (χ0n) is 17.3. The van der Waals surface area contributed by atoms with Gasteiger partial charge in [0.15, 0.2) is 6.10 Å². The molecular formula is C23H23NO6. The molecule has 7 heteroatoms. The van der Waals surface area contributed by atoms with Gasteiger partial charge in [-0.05, 0) is 63.2 Å². The second-order valence-corrected chi connectivity index (χ2v) is 6.76. The summed E-state index contributed by atoms with van der Waals surface area (Å²) in [6, 6.07) is 13.2. The zero-order chi connectivity index (χ0) is 21.7. The van der Waals surface area contributed by atoms with Crippen LogP contribution < -0.4 is 9.47 Å². The first-order valence-corrected chi connectivity index (χ1v) is 9.43. The highest BCUT2D eigenvalue weighted by Crippen LogP contribution is 2.20. The fraction of sp³-hybridized carbons (Fsp3) is 0.261. The lowest BCUT2D eigenvalue weighted by molar-refractivity contribution is 0.0318. The largest absolute Gasteiger partial charge is 0.497 e. The van der Waals surface area contributed by atoms with Crippen molar-refractivity contribution in [2.45, 2.75) is 33.5 Å². The van der Waals surface area contributed by atoms with Gasteiger partial charge in [-0.2, -0.15) is 0 Å². The van der Waals surface area contributed by atoms with E-state index in [4.69, 9.17) is 18.7 Å². The molecule has 0 amide bonds. The molecule has 0 unspecified atom stereocenters. The molecule has 0 radical (unpaired) electrons. The highest BCUT2D eigenvalue weighted by atomic mass is 16.5. The number of Topliss-reactive ketones (excluding diaryl/α,β-unsaturated/α-hetero) is 1. The number of aromatic nitrogens is 1. The van der Waals surface area contributed by atoms with E-state index in [2.05, 4.69) is 5.16 Å². The van der Waals surface area contributed by atoms with Crippen molar-refractivity contribution in [3.05, 3.63) is 76.7 Å². The molecule has 30 heavy (non-hydrogen) atoms. The molecule has 0 saturated heterocycles. The Bertz CT molecular complexity index is 1020. The van der Waals surface area contributed by atoms with E-state index in [1.54, 1.807) is 62.6 Å². The minimum absolute atomic E-state index is 0.270. The summed E-state index contributed by atoms with van der Waals surface area (Å²) in [7, 11) is 1.55. The highest BCUT2D eigenvalue weighted by Gasteiger charge is 2.21. The Hall–Kier alpha value is -3.61. The van der Waals surface area contributed by atoms with Crippen molar-refractivity contribution in [3.8, 4) is 11.5 Å². The summed E-state index contributed by atoms with van der Waals surface area (Å²) in [5.74, 6) is 0.932. The Balaban J connectivity index is 1.63. The fourth-order valence-corrected chi connectivity index (χ4v) is 2.85. The van der Waals surface area contributed by atoms with Crippen LogP contribution in [0, 0.1) is 13.8 Å². The van der Waals surface area contributed by atoms with Crippen molar-refractivity contribution in [1.29, 1.82) is 0 Å². The van der Waals surface area contributed by atoms with Crippen molar-refractivity contribution in [2.75, 3.05) is 7.11 Å². The molecule has 0 aliphatic heterocycles. The maximum Gasteiger partial charge on any atom is 0.338 e. The Morgan fingerprint density at radius 2 is 1.77 bits per heavy atom. The van der Waals surface area contributed by atoms with Crippen molar-refractivity contribution in [2.24, 2.45) is 0 Å². The molecule has 7 nitrogen and oxygen atoms in total. The number of benzene rings is 2. The first-order valence-electron chi connectivity index (χ1n) is 9.43. The highest BCUT2D eigenvalue weighted by molar-refractivity contribution is 6.01. The van der Waals surface area contributed by atoms with Crippen molar-refractivity contribution >= 4 is 11.8 Å². The van der Waals surface area contributed by atoms with Crippen LogP contribution in [0.1, 0.15) is 44.7 Å². The molecule has 0 N–H and O–H groups in total. The molecule has 3 rings (SSSR count). The summed E-state index contributed by atoms with van der Waals surface area (Å²) < 4.78 is 21.3. The first kappa shape index (κ1) is 21.1. The SMILES string of the molecule is COc1ccc(C(=O)[C@H](C)OC(=O)c2cccc(OCc3c(C)noc3C)c2)cc1. The van der Waals surface area contributed by atoms with Crippen LogP contribution in [0.4, 0.5) is 0 Å². The number of carbonyl (C=O) groups is 2. The van der Waals surface area contributed by atoms with Crippen LogP contribution in [-0.2, 0) is 11.3 Å². The molecule has 1 heterocycles. The molecule has 1 atom stereocenters. The number of esters is 1. The molecule has 156 valence electrons. The Kier molecular flexibility index (Phi) is 6.51. The number of carbonyl (C=O) groups excluding carboxylic acids is 2. The number of ketones is 1. The van der Waals surface area contributed by atoms with E-state index in [0.29, 0.717) is 28.4 Å². The molecule has 0 saturated carbocycles. The predicted molar refractivity (Wildman–Crippen MR) is 109 cm³/mol. The first-order chi connectivity index (χ1) is 14.4. The van der Waals surface area contributed by atoms with Gasteiger partial charge in [0.2, 0.25) is 5.78 Å². The minimum atomic E-state index is -0.933. The minimum Gasteiger partial charge on any atom is -0.497 e. The fourth-order valence-electron chi connectivity index (χ4n) is 2.85. The summed E-state index contributed by atoms with van der Waals surface area (Å²) in [5.41, 5.74) is 2.35. The van der Waals surface area contributed by atoms with Crippen LogP contribution in [0.2, 0.25) is 0 Å². The molecule has 3 aromatic rings. The monoisotopic (exact) mass is 409 g/mol. The molecule has 0 bridgehead atoms. The van der Waals surface area contributed by atoms with Gasteiger partial charge in [-0.25, -0.2) is 4.79 Å². The maximum absolute atomic E-state index is 12.5. The average Bonchev–Trinajstić information content (AvgIpc) is 3.09. The smallest absolute Gasteiger partial charge is 0.338 e.